The maximum Gasteiger partial charge on any atom is 0.227 e. The van der Waals surface area contributed by atoms with Crippen LogP contribution in [0.1, 0.15) is 45.1 Å². The third-order valence-corrected chi connectivity index (χ3v) is 7.54. The molecule has 1 atom stereocenters. The van der Waals surface area contributed by atoms with E-state index >= 15 is 8.78 Å². The molecule has 0 spiro atoms. The SMILES string of the molecule is C=C1C(C)Oc2c(OC)cc(-c3nc(Nc4ccc(C5CCN(C)CC5)c(F)c4)ncc3F)cc2N1C(C)C. The number of anilines is 3. The molecule has 2 aliphatic rings. The first-order valence-electron chi connectivity index (χ1n) is 13.3. The molecule has 2 aromatic carbocycles. The average Bonchev–Trinajstić information content (AvgIpc) is 2.90. The Kier molecular flexibility index (Phi) is 7.44. The van der Waals surface area contributed by atoms with E-state index in [0.717, 1.165) is 49.1 Å². The summed E-state index contributed by atoms with van der Waals surface area (Å²) in [4.78, 5) is 12.9. The molecule has 1 fully saturated rings. The topological polar surface area (TPSA) is 62.8 Å². The van der Waals surface area contributed by atoms with Crippen LogP contribution in [0.5, 0.6) is 11.5 Å². The van der Waals surface area contributed by atoms with Crippen molar-refractivity contribution < 1.29 is 18.3 Å². The van der Waals surface area contributed by atoms with Crippen molar-refractivity contribution in [3.8, 4) is 22.8 Å². The van der Waals surface area contributed by atoms with Crippen LogP contribution in [0.4, 0.5) is 26.1 Å². The molecule has 9 heteroatoms. The summed E-state index contributed by atoms with van der Waals surface area (Å²) in [6, 6.07) is 8.69. The van der Waals surface area contributed by atoms with Gasteiger partial charge < -0.3 is 24.6 Å². The molecule has 206 valence electrons. The van der Waals surface area contributed by atoms with Gasteiger partial charge in [0.1, 0.15) is 17.6 Å². The van der Waals surface area contributed by atoms with E-state index in [2.05, 4.69) is 52.6 Å². The largest absolute Gasteiger partial charge is 0.493 e. The van der Waals surface area contributed by atoms with E-state index in [0.29, 0.717) is 22.7 Å². The predicted octanol–water partition coefficient (Wildman–Crippen LogP) is 6.49. The number of nitrogens with one attached hydrogen (secondary N) is 1. The van der Waals surface area contributed by atoms with E-state index in [-0.39, 0.29) is 35.5 Å². The summed E-state index contributed by atoms with van der Waals surface area (Å²) in [6.07, 6.45) is 2.73. The van der Waals surface area contributed by atoms with Crippen LogP contribution in [0.3, 0.4) is 0 Å². The predicted molar refractivity (Wildman–Crippen MR) is 150 cm³/mol. The zero-order chi connectivity index (χ0) is 27.8. The van der Waals surface area contributed by atoms with E-state index in [1.165, 1.54) is 6.07 Å². The number of methoxy groups -OCH3 is 1. The Labute approximate surface area is 228 Å². The van der Waals surface area contributed by atoms with Crippen molar-refractivity contribution in [3.05, 3.63) is 66.0 Å². The first kappa shape index (κ1) is 26.9. The lowest BCUT2D eigenvalue weighted by Gasteiger charge is -2.40. The van der Waals surface area contributed by atoms with Crippen molar-refractivity contribution in [2.24, 2.45) is 0 Å². The van der Waals surface area contributed by atoms with Gasteiger partial charge in [0.15, 0.2) is 17.3 Å². The van der Waals surface area contributed by atoms with Crippen LogP contribution in [0.25, 0.3) is 11.3 Å². The number of likely N-dealkylation sites (tertiary alicyclic amines) is 1. The molecule has 0 aliphatic carbocycles. The maximum absolute atomic E-state index is 15.1. The van der Waals surface area contributed by atoms with E-state index < -0.39 is 5.82 Å². The van der Waals surface area contributed by atoms with Gasteiger partial charge in [-0.05, 0) is 89.5 Å². The van der Waals surface area contributed by atoms with E-state index in [9.17, 15) is 0 Å². The summed E-state index contributed by atoms with van der Waals surface area (Å²) in [5.41, 5.74) is 3.33. The number of hydrogen-bond donors (Lipinski definition) is 1. The maximum atomic E-state index is 15.1. The summed E-state index contributed by atoms with van der Waals surface area (Å²) in [5.74, 6) is 0.543. The fourth-order valence-electron chi connectivity index (χ4n) is 5.39. The highest BCUT2D eigenvalue weighted by atomic mass is 19.1. The second-order valence-electron chi connectivity index (χ2n) is 10.6. The number of rotatable bonds is 6. The van der Waals surface area contributed by atoms with Gasteiger partial charge in [-0.2, -0.15) is 0 Å². The average molecular weight is 536 g/mol. The molecule has 2 aliphatic heterocycles. The number of piperidine rings is 1. The normalized spacial score (nSPS) is 18.2. The molecule has 1 saturated heterocycles. The molecule has 0 bridgehead atoms. The van der Waals surface area contributed by atoms with Crippen molar-refractivity contribution in [1.82, 2.24) is 14.9 Å². The minimum Gasteiger partial charge on any atom is -0.493 e. The summed E-state index contributed by atoms with van der Waals surface area (Å²) in [6.45, 7) is 12.1. The van der Waals surface area contributed by atoms with Gasteiger partial charge in [0, 0.05) is 17.3 Å². The Bertz CT molecular complexity index is 1390. The number of benzene rings is 2. The third kappa shape index (κ3) is 5.28. The molecule has 3 heterocycles. The standard InChI is InChI=1S/C30H35F2N5O2/c1-17(2)37-18(3)19(4)39-29-26(37)13-21(14-27(29)38-6)28-25(32)16-33-30(35-28)34-22-7-8-23(24(31)15-22)20-9-11-36(5)12-10-20/h7-8,13-17,19-20H,3,9-12H2,1-2,4-6H3,(H,33,34,35). The number of halogens is 2. The van der Waals surface area contributed by atoms with Crippen LogP contribution < -0.4 is 19.7 Å². The Morgan fingerprint density at radius 1 is 1.13 bits per heavy atom. The summed E-state index contributed by atoms with van der Waals surface area (Å²) < 4.78 is 41.9. The quantitative estimate of drug-likeness (QED) is 0.387. The molecule has 7 nitrogen and oxygen atoms in total. The summed E-state index contributed by atoms with van der Waals surface area (Å²) in [5, 5.41) is 3.03. The zero-order valence-corrected chi connectivity index (χ0v) is 23.1. The Morgan fingerprint density at radius 3 is 2.54 bits per heavy atom. The lowest BCUT2D eigenvalue weighted by atomic mass is 9.89. The van der Waals surface area contributed by atoms with Crippen molar-refractivity contribution >= 4 is 17.3 Å². The minimum absolute atomic E-state index is 0.0856. The first-order valence-corrected chi connectivity index (χ1v) is 13.3. The highest BCUT2D eigenvalue weighted by Gasteiger charge is 2.32. The van der Waals surface area contributed by atoms with Gasteiger partial charge in [0.2, 0.25) is 5.95 Å². The summed E-state index contributed by atoms with van der Waals surface area (Å²) >= 11 is 0. The van der Waals surface area contributed by atoms with Gasteiger partial charge in [0.05, 0.1) is 24.7 Å². The lowest BCUT2D eigenvalue weighted by Crippen LogP contribution is -2.40. The Morgan fingerprint density at radius 2 is 1.87 bits per heavy atom. The second-order valence-corrected chi connectivity index (χ2v) is 10.6. The molecule has 0 amide bonds. The molecule has 1 aromatic heterocycles. The monoisotopic (exact) mass is 535 g/mol. The molecule has 3 aromatic rings. The first-order chi connectivity index (χ1) is 18.7. The third-order valence-electron chi connectivity index (χ3n) is 7.54. The number of ether oxygens (including phenoxy) is 2. The van der Waals surface area contributed by atoms with Crippen LogP contribution in [-0.2, 0) is 0 Å². The van der Waals surface area contributed by atoms with Crippen molar-refractivity contribution in [3.63, 3.8) is 0 Å². The van der Waals surface area contributed by atoms with E-state index in [4.69, 9.17) is 9.47 Å². The van der Waals surface area contributed by atoms with Gasteiger partial charge in [-0.15, -0.1) is 0 Å². The van der Waals surface area contributed by atoms with Crippen LogP contribution in [-0.4, -0.2) is 54.3 Å². The van der Waals surface area contributed by atoms with Gasteiger partial charge >= 0.3 is 0 Å². The van der Waals surface area contributed by atoms with Gasteiger partial charge in [-0.3, -0.25) is 0 Å². The summed E-state index contributed by atoms with van der Waals surface area (Å²) in [7, 11) is 3.63. The number of aromatic nitrogens is 2. The Hall–Kier alpha value is -3.72. The second kappa shape index (κ2) is 10.8. The van der Waals surface area contributed by atoms with Crippen molar-refractivity contribution in [2.45, 2.75) is 51.7 Å². The molecular weight excluding hydrogens is 500 g/mol. The van der Waals surface area contributed by atoms with Crippen LogP contribution >= 0.6 is 0 Å². The Balaban J connectivity index is 1.46. The molecule has 5 rings (SSSR count). The molecule has 39 heavy (non-hydrogen) atoms. The molecule has 0 saturated carbocycles. The highest BCUT2D eigenvalue weighted by Crippen LogP contribution is 2.47. The van der Waals surface area contributed by atoms with Crippen LogP contribution in [0.2, 0.25) is 0 Å². The molecule has 0 radical (unpaired) electrons. The smallest absolute Gasteiger partial charge is 0.227 e. The minimum atomic E-state index is -0.591. The van der Waals surface area contributed by atoms with Gasteiger partial charge in [-0.25, -0.2) is 18.7 Å². The van der Waals surface area contributed by atoms with E-state index in [1.54, 1.807) is 13.2 Å². The number of hydrogen-bond acceptors (Lipinski definition) is 7. The fourth-order valence-corrected chi connectivity index (χ4v) is 5.39. The van der Waals surface area contributed by atoms with Crippen molar-refractivity contribution in [1.29, 1.82) is 0 Å². The van der Waals surface area contributed by atoms with Gasteiger partial charge in [-0.1, -0.05) is 12.6 Å². The molecular formula is C30H35F2N5O2. The number of fused-ring (bicyclic) bond motifs is 1. The van der Waals surface area contributed by atoms with E-state index in [1.807, 2.05) is 25.1 Å². The van der Waals surface area contributed by atoms with Crippen LogP contribution in [0, 0.1) is 11.6 Å². The lowest BCUT2D eigenvalue weighted by molar-refractivity contribution is 0.228. The van der Waals surface area contributed by atoms with Gasteiger partial charge in [0.25, 0.3) is 0 Å². The highest BCUT2D eigenvalue weighted by molar-refractivity contribution is 5.78. The fraction of sp³-hybridized carbons (Fsp3) is 0.400. The zero-order valence-electron chi connectivity index (χ0n) is 23.1. The van der Waals surface area contributed by atoms with Crippen LogP contribution in [0.15, 0.2) is 48.8 Å². The molecule has 1 N–H and O–H groups in total. The van der Waals surface area contributed by atoms with Crippen molar-refractivity contribution in [2.75, 3.05) is 37.5 Å². The number of nitrogens with zero attached hydrogens (tertiary/aromatic N) is 4. The molecule has 1 unspecified atom stereocenters.